The summed E-state index contributed by atoms with van der Waals surface area (Å²) in [6, 6.07) is 6.56. The highest BCUT2D eigenvalue weighted by atomic mass is 32.2. The van der Waals surface area contributed by atoms with E-state index < -0.39 is 23.3 Å². The third kappa shape index (κ3) is 2.44. The maximum atomic E-state index is 12.6. The summed E-state index contributed by atoms with van der Waals surface area (Å²) < 4.78 is 2.32. The van der Waals surface area contributed by atoms with Crippen LogP contribution in [0.25, 0.3) is 0 Å². The molecule has 0 radical (unpaired) electrons. The molecule has 1 unspecified atom stereocenters. The molecule has 1 aromatic carbocycles. The van der Waals surface area contributed by atoms with Crippen LogP contribution in [-0.2, 0) is 14.1 Å². The summed E-state index contributed by atoms with van der Waals surface area (Å²) in [7, 11) is 2.95. The van der Waals surface area contributed by atoms with Gasteiger partial charge >= 0.3 is 11.7 Å². The van der Waals surface area contributed by atoms with Gasteiger partial charge in [-0.05, 0) is 24.0 Å². The molecule has 120 valence electrons. The van der Waals surface area contributed by atoms with Crippen LogP contribution in [0.1, 0.15) is 17.2 Å². The molecule has 0 saturated heterocycles. The first-order chi connectivity index (χ1) is 10.9. The molecule has 7 nitrogen and oxygen atoms in total. The third-order valence-electron chi connectivity index (χ3n) is 3.94. The Bertz CT molecular complexity index is 899. The smallest absolute Gasteiger partial charge is 0.327 e. The summed E-state index contributed by atoms with van der Waals surface area (Å²) in [6.45, 7) is 0. The summed E-state index contributed by atoms with van der Waals surface area (Å²) in [4.78, 5) is 37.6. The fourth-order valence-electron chi connectivity index (χ4n) is 2.67. The fourth-order valence-corrected chi connectivity index (χ4v) is 3.08. The van der Waals surface area contributed by atoms with Gasteiger partial charge < -0.3 is 5.32 Å². The highest BCUT2D eigenvalue weighted by molar-refractivity contribution is 7.98. The number of aromatic nitrogens is 2. The van der Waals surface area contributed by atoms with Gasteiger partial charge in [0, 0.05) is 19.0 Å². The Labute approximate surface area is 136 Å². The van der Waals surface area contributed by atoms with Gasteiger partial charge in [-0.3, -0.25) is 19.2 Å². The van der Waals surface area contributed by atoms with Crippen LogP contribution >= 0.6 is 11.8 Å². The number of nitrogens with one attached hydrogen (secondary N) is 2. The number of rotatable bonds is 2. The molecule has 8 heteroatoms. The standard InChI is InChI=1S/C15H16N4O3S/c1-18-12-10(13(20)19(2)15(18)22)11(16-14(21)17-12)8-4-6-9(23-3)7-5-8/h4-7,11H,1-3H3,(H2,16,17,21). The summed E-state index contributed by atoms with van der Waals surface area (Å²) in [5, 5.41) is 5.31. The molecule has 1 aliphatic rings. The van der Waals surface area contributed by atoms with Gasteiger partial charge in [0.05, 0.1) is 11.6 Å². The zero-order valence-corrected chi connectivity index (χ0v) is 13.7. The summed E-state index contributed by atoms with van der Waals surface area (Å²) in [5.74, 6) is 0.237. The highest BCUT2D eigenvalue weighted by Crippen LogP contribution is 2.29. The monoisotopic (exact) mass is 332 g/mol. The summed E-state index contributed by atoms with van der Waals surface area (Å²) in [6.07, 6.45) is 1.97. The summed E-state index contributed by atoms with van der Waals surface area (Å²) in [5.41, 5.74) is 0.239. The van der Waals surface area contributed by atoms with E-state index in [1.165, 1.54) is 18.7 Å². The summed E-state index contributed by atoms with van der Waals surface area (Å²) >= 11 is 1.61. The number of fused-ring (bicyclic) bond motifs is 1. The van der Waals surface area contributed by atoms with Crippen molar-refractivity contribution >= 4 is 23.6 Å². The number of amides is 2. The van der Waals surface area contributed by atoms with Gasteiger partial charge in [0.1, 0.15) is 5.82 Å². The van der Waals surface area contributed by atoms with E-state index in [0.29, 0.717) is 5.56 Å². The highest BCUT2D eigenvalue weighted by Gasteiger charge is 2.31. The number of carbonyl (C=O) groups excluding carboxylic acids is 1. The number of hydrogen-bond acceptors (Lipinski definition) is 4. The quantitative estimate of drug-likeness (QED) is 0.805. The van der Waals surface area contributed by atoms with Gasteiger partial charge in [-0.1, -0.05) is 12.1 Å². The molecule has 2 aromatic rings. The molecule has 0 aliphatic carbocycles. The number of nitrogens with zero attached hydrogens (tertiary/aromatic N) is 2. The van der Waals surface area contributed by atoms with Crippen LogP contribution in [0.4, 0.5) is 10.6 Å². The van der Waals surface area contributed by atoms with Crippen molar-refractivity contribution in [2.45, 2.75) is 10.9 Å². The fraction of sp³-hybridized carbons (Fsp3) is 0.267. The van der Waals surface area contributed by atoms with Crippen molar-refractivity contribution in [3.8, 4) is 0 Å². The number of anilines is 1. The Balaban J connectivity index is 2.24. The number of urea groups is 1. The van der Waals surface area contributed by atoms with Crippen LogP contribution in [0.5, 0.6) is 0 Å². The van der Waals surface area contributed by atoms with Crippen molar-refractivity contribution in [1.82, 2.24) is 14.5 Å². The van der Waals surface area contributed by atoms with Crippen LogP contribution in [0, 0.1) is 0 Å². The number of thioether (sulfide) groups is 1. The SMILES string of the molecule is CSc1ccc(C2NC(=O)Nc3c2c(=O)n(C)c(=O)n3C)cc1. The third-order valence-corrected chi connectivity index (χ3v) is 4.69. The molecule has 1 aliphatic heterocycles. The van der Waals surface area contributed by atoms with Crippen LogP contribution in [0.3, 0.4) is 0 Å². The predicted molar refractivity (Wildman–Crippen MR) is 89.1 cm³/mol. The normalized spacial score (nSPS) is 16.5. The number of benzene rings is 1. The first kappa shape index (κ1) is 15.4. The molecule has 1 atom stereocenters. The second-order valence-electron chi connectivity index (χ2n) is 5.27. The molecular formula is C15H16N4O3S. The van der Waals surface area contributed by atoms with E-state index in [1.807, 2.05) is 30.5 Å². The Morgan fingerprint density at radius 1 is 1.04 bits per heavy atom. The first-order valence-corrected chi connectivity index (χ1v) is 8.18. The molecular weight excluding hydrogens is 316 g/mol. The largest absolute Gasteiger partial charge is 0.332 e. The first-order valence-electron chi connectivity index (χ1n) is 6.95. The van der Waals surface area contributed by atoms with E-state index in [9.17, 15) is 14.4 Å². The molecule has 0 fully saturated rings. The lowest BCUT2D eigenvalue weighted by Crippen LogP contribution is -2.49. The van der Waals surface area contributed by atoms with E-state index in [-0.39, 0.29) is 5.82 Å². The van der Waals surface area contributed by atoms with Crippen molar-refractivity contribution in [2.24, 2.45) is 14.1 Å². The van der Waals surface area contributed by atoms with Crippen molar-refractivity contribution in [2.75, 3.05) is 11.6 Å². The van der Waals surface area contributed by atoms with Crippen LogP contribution in [0.15, 0.2) is 38.8 Å². The molecule has 0 spiro atoms. The van der Waals surface area contributed by atoms with Crippen molar-refractivity contribution in [3.05, 3.63) is 56.2 Å². The Morgan fingerprint density at radius 3 is 2.30 bits per heavy atom. The molecule has 0 bridgehead atoms. The maximum absolute atomic E-state index is 12.6. The van der Waals surface area contributed by atoms with E-state index in [2.05, 4.69) is 10.6 Å². The van der Waals surface area contributed by atoms with Crippen molar-refractivity contribution in [1.29, 1.82) is 0 Å². The van der Waals surface area contributed by atoms with Gasteiger partial charge in [0.25, 0.3) is 5.56 Å². The van der Waals surface area contributed by atoms with Crippen LogP contribution in [0.2, 0.25) is 0 Å². The Morgan fingerprint density at radius 2 is 1.70 bits per heavy atom. The lowest BCUT2D eigenvalue weighted by molar-refractivity contribution is 0.248. The van der Waals surface area contributed by atoms with Gasteiger partial charge in [-0.25, -0.2) is 9.59 Å². The van der Waals surface area contributed by atoms with Gasteiger partial charge in [0.15, 0.2) is 0 Å². The lowest BCUT2D eigenvalue weighted by atomic mass is 9.98. The molecule has 1 aromatic heterocycles. The predicted octanol–water partition coefficient (Wildman–Crippen LogP) is 1.03. The minimum atomic E-state index is -0.597. The van der Waals surface area contributed by atoms with Crippen molar-refractivity contribution < 1.29 is 4.79 Å². The molecule has 2 heterocycles. The second-order valence-corrected chi connectivity index (χ2v) is 6.15. The number of carbonyl (C=O) groups is 1. The van der Waals surface area contributed by atoms with Gasteiger partial charge in [0.2, 0.25) is 0 Å². The van der Waals surface area contributed by atoms with Gasteiger partial charge in [-0.2, -0.15) is 0 Å². The number of hydrogen-bond donors (Lipinski definition) is 2. The molecule has 0 saturated carbocycles. The molecule has 2 amide bonds. The Hall–Kier alpha value is -2.48. The van der Waals surface area contributed by atoms with Gasteiger partial charge in [-0.15, -0.1) is 11.8 Å². The average molecular weight is 332 g/mol. The minimum absolute atomic E-state index is 0.237. The van der Waals surface area contributed by atoms with E-state index in [0.717, 1.165) is 15.0 Å². The maximum Gasteiger partial charge on any atom is 0.332 e. The van der Waals surface area contributed by atoms with Crippen LogP contribution < -0.4 is 21.9 Å². The topological polar surface area (TPSA) is 85.1 Å². The van der Waals surface area contributed by atoms with E-state index >= 15 is 0 Å². The van der Waals surface area contributed by atoms with E-state index in [1.54, 1.807) is 11.8 Å². The second kappa shape index (κ2) is 5.62. The minimum Gasteiger partial charge on any atom is -0.327 e. The molecule has 3 rings (SSSR count). The average Bonchev–Trinajstić information content (AvgIpc) is 2.57. The lowest BCUT2D eigenvalue weighted by Gasteiger charge is -2.28. The van der Waals surface area contributed by atoms with Crippen molar-refractivity contribution in [3.63, 3.8) is 0 Å². The zero-order valence-electron chi connectivity index (χ0n) is 12.9. The van der Waals surface area contributed by atoms with E-state index in [4.69, 9.17) is 0 Å². The zero-order chi connectivity index (χ0) is 16.7. The molecule has 23 heavy (non-hydrogen) atoms. The molecule has 2 N–H and O–H groups in total. The Kier molecular flexibility index (Phi) is 3.77. The van der Waals surface area contributed by atoms with Crippen LogP contribution in [-0.4, -0.2) is 21.4 Å².